The molecular weight excluding hydrogens is 416 g/mol. The van der Waals surface area contributed by atoms with E-state index in [0.717, 1.165) is 5.56 Å². The molecule has 1 aliphatic heterocycles. The van der Waals surface area contributed by atoms with Crippen LogP contribution in [0.15, 0.2) is 59.3 Å². The summed E-state index contributed by atoms with van der Waals surface area (Å²) in [6.45, 7) is 5.31. The molecule has 31 heavy (non-hydrogen) atoms. The van der Waals surface area contributed by atoms with Gasteiger partial charge in [0.1, 0.15) is 0 Å². The van der Waals surface area contributed by atoms with Crippen LogP contribution in [0, 0.1) is 5.92 Å². The molecule has 0 aromatic carbocycles. The first kappa shape index (κ1) is 21.4. The minimum atomic E-state index is -3.60. The second-order valence-corrected chi connectivity index (χ2v) is 9.99. The summed E-state index contributed by atoms with van der Waals surface area (Å²) in [7, 11) is -3.60. The Kier molecular flexibility index (Phi) is 6.01. The van der Waals surface area contributed by atoms with E-state index in [0.29, 0.717) is 38.2 Å². The minimum Gasteiger partial charge on any atom is -0.334 e. The largest absolute Gasteiger partial charge is 0.334 e. The third-order valence-corrected chi connectivity index (χ3v) is 7.45. The number of aromatic nitrogens is 5. The molecular formula is C21H26N6O3S. The molecule has 4 heterocycles. The molecule has 0 unspecified atom stereocenters. The first-order chi connectivity index (χ1) is 14.8. The van der Waals surface area contributed by atoms with Crippen molar-refractivity contribution in [3.63, 3.8) is 0 Å². The van der Waals surface area contributed by atoms with Gasteiger partial charge in [-0.3, -0.25) is 14.3 Å². The van der Waals surface area contributed by atoms with E-state index in [2.05, 4.69) is 15.0 Å². The van der Waals surface area contributed by atoms with E-state index in [1.54, 1.807) is 40.4 Å². The van der Waals surface area contributed by atoms with Crippen LogP contribution in [0.3, 0.4) is 0 Å². The molecule has 1 fully saturated rings. The van der Waals surface area contributed by atoms with Crippen molar-refractivity contribution in [3.05, 3.63) is 59.8 Å². The van der Waals surface area contributed by atoms with Crippen LogP contribution in [0.1, 0.15) is 32.7 Å². The Morgan fingerprint density at radius 3 is 2.42 bits per heavy atom. The Morgan fingerprint density at radius 2 is 1.81 bits per heavy atom. The van der Waals surface area contributed by atoms with E-state index < -0.39 is 10.0 Å². The summed E-state index contributed by atoms with van der Waals surface area (Å²) < 4.78 is 30.7. The summed E-state index contributed by atoms with van der Waals surface area (Å²) in [5.74, 6) is 0.214. The van der Waals surface area contributed by atoms with Crippen LogP contribution in [-0.2, 0) is 16.6 Å². The maximum absolute atomic E-state index is 12.9. The number of piperidine rings is 1. The first-order valence-corrected chi connectivity index (χ1v) is 11.8. The molecule has 0 radical (unpaired) electrons. The SMILES string of the molecule is CC(C)n1cnc(S(=O)(=O)N2CCC(Cn3cnc(-c4ccncc4)cc3=O)CC2)c1. The first-order valence-electron chi connectivity index (χ1n) is 10.3. The zero-order valence-electron chi connectivity index (χ0n) is 17.6. The second-order valence-electron chi connectivity index (χ2n) is 8.10. The van der Waals surface area contributed by atoms with Gasteiger partial charge in [-0.1, -0.05) is 0 Å². The molecule has 164 valence electrons. The van der Waals surface area contributed by atoms with Crippen LogP contribution in [0.5, 0.6) is 0 Å². The molecule has 9 nitrogen and oxygen atoms in total. The van der Waals surface area contributed by atoms with E-state index in [1.807, 2.05) is 26.0 Å². The van der Waals surface area contributed by atoms with Crippen molar-refractivity contribution in [2.24, 2.45) is 5.92 Å². The highest BCUT2D eigenvalue weighted by atomic mass is 32.2. The minimum absolute atomic E-state index is 0.0896. The maximum atomic E-state index is 12.9. The van der Waals surface area contributed by atoms with Crippen LogP contribution in [0.2, 0.25) is 0 Å². The molecule has 0 aliphatic carbocycles. The fraction of sp³-hybridized carbons (Fsp3) is 0.429. The maximum Gasteiger partial charge on any atom is 0.262 e. The Balaban J connectivity index is 1.39. The predicted octanol–water partition coefficient (Wildman–Crippen LogP) is 2.18. The lowest BCUT2D eigenvalue weighted by Crippen LogP contribution is -2.40. The van der Waals surface area contributed by atoms with Crippen molar-refractivity contribution in [1.29, 1.82) is 0 Å². The Bertz CT molecular complexity index is 1200. The van der Waals surface area contributed by atoms with Gasteiger partial charge in [0, 0.05) is 55.9 Å². The van der Waals surface area contributed by atoms with Gasteiger partial charge in [0.05, 0.1) is 18.3 Å². The van der Waals surface area contributed by atoms with Crippen molar-refractivity contribution in [3.8, 4) is 11.3 Å². The lowest BCUT2D eigenvalue weighted by atomic mass is 9.98. The molecule has 3 aromatic heterocycles. The molecule has 3 aromatic rings. The van der Waals surface area contributed by atoms with E-state index in [4.69, 9.17) is 0 Å². The lowest BCUT2D eigenvalue weighted by Gasteiger charge is -2.30. The predicted molar refractivity (Wildman–Crippen MR) is 116 cm³/mol. The molecule has 4 rings (SSSR count). The van der Waals surface area contributed by atoms with E-state index in [1.165, 1.54) is 10.4 Å². The average molecular weight is 443 g/mol. The third-order valence-electron chi connectivity index (χ3n) is 5.66. The van der Waals surface area contributed by atoms with Gasteiger partial charge in [-0.2, -0.15) is 4.31 Å². The van der Waals surface area contributed by atoms with Gasteiger partial charge in [-0.05, 0) is 44.7 Å². The molecule has 10 heteroatoms. The van der Waals surface area contributed by atoms with Crippen molar-refractivity contribution in [2.45, 2.75) is 44.3 Å². The number of pyridine rings is 1. The zero-order valence-corrected chi connectivity index (χ0v) is 18.4. The van der Waals surface area contributed by atoms with Gasteiger partial charge < -0.3 is 4.57 Å². The van der Waals surface area contributed by atoms with Crippen LogP contribution in [0.4, 0.5) is 0 Å². The quantitative estimate of drug-likeness (QED) is 0.580. The van der Waals surface area contributed by atoms with Gasteiger partial charge in [0.2, 0.25) is 0 Å². The second kappa shape index (κ2) is 8.72. The zero-order chi connectivity index (χ0) is 22.0. The molecule has 0 spiro atoms. The van der Waals surface area contributed by atoms with Crippen LogP contribution in [0.25, 0.3) is 11.3 Å². The molecule has 0 amide bonds. The lowest BCUT2D eigenvalue weighted by molar-refractivity contribution is 0.250. The van der Waals surface area contributed by atoms with E-state index in [9.17, 15) is 13.2 Å². The Labute approximate surface area is 181 Å². The molecule has 1 aliphatic rings. The highest BCUT2D eigenvalue weighted by Crippen LogP contribution is 2.24. The summed E-state index contributed by atoms with van der Waals surface area (Å²) in [6, 6.07) is 5.30. The van der Waals surface area contributed by atoms with Gasteiger partial charge in [-0.15, -0.1) is 0 Å². The summed E-state index contributed by atoms with van der Waals surface area (Å²) >= 11 is 0. The number of imidazole rings is 1. The number of nitrogens with zero attached hydrogens (tertiary/aromatic N) is 6. The normalized spacial score (nSPS) is 16.1. The van der Waals surface area contributed by atoms with Crippen molar-refractivity contribution in [2.75, 3.05) is 13.1 Å². The summed E-state index contributed by atoms with van der Waals surface area (Å²) in [4.78, 5) is 25.0. The molecule has 0 bridgehead atoms. The van der Waals surface area contributed by atoms with E-state index >= 15 is 0 Å². The Hall–Kier alpha value is -2.85. The van der Waals surface area contributed by atoms with Crippen molar-refractivity contribution >= 4 is 10.0 Å². The van der Waals surface area contributed by atoms with E-state index in [-0.39, 0.29) is 22.5 Å². The smallest absolute Gasteiger partial charge is 0.262 e. The summed E-state index contributed by atoms with van der Waals surface area (Å²) in [5.41, 5.74) is 1.35. The Morgan fingerprint density at radius 1 is 1.10 bits per heavy atom. The van der Waals surface area contributed by atoms with Gasteiger partial charge in [0.15, 0.2) is 5.03 Å². The van der Waals surface area contributed by atoms with Crippen molar-refractivity contribution < 1.29 is 8.42 Å². The number of hydrogen-bond acceptors (Lipinski definition) is 6. The summed E-state index contributed by atoms with van der Waals surface area (Å²) in [5, 5.41) is 0.0896. The molecule has 0 atom stereocenters. The van der Waals surface area contributed by atoms with Crippen LogP contribution < -0.4 is 5.56 Å². The van der Waals surface area contributed by atoms with Crippen LogP contribution in [-0.4, -0.2) is 49.9 Å². The van der Waals surface area contributed by atoms with Crippen LogP contribution >= 0.6 is 0 Å². The fourth-order valence-electron chi connectivity index (χ4n) is 3.72. The third kappa shape index (κ3) is 4.59. The standard InChI is InChI=1S/C21H26N6O3S/c1-16(2)25-13-20(24-15-25)31(29,30)27-9-5-17(6-10-27)12-26-14-23-19(11-21(26)28)18-3-7-22-8-4-18/h3-4,7-8,11,13-17H,5-6,9-10,12H2,1-2H3. The molecule has 0 saturated carbocycles. The average Bonchev–Trinajstić information content (AvgIpc) is 3.28. The molecule has 0 N–H and O–H groups in total. The van der Waals surface area contributed by atoms with Crippen molar-refractivity contribution in [1.82, 2.24) is 28.4 Å². The molecule has 1 saturated heterocycles. The highest BCUT2D eigenvalue weighted by molar-refractivity contribution is 7.89. The highest BCUT2D eigenvalue weighted by Gasteiger charge is 2.31. The van der Waals surface area contributed by atoms with Gasteiger partial charge in [-0.25, -0.2) is 18.4 Å². The topological polar surface area (TPSA) is 103 Å². The number of hydrogen-bond donors (Lipinski definition) is 0. The number of rotatable bonds is 6. The number of sulfonamides is 1. The monoisotopic (exact) mass is 442 g/mol. The fourth-order valence-corrected chi connectivity index (χ4v) is 5.11. The van der Waals surface area contributed by atoms with Gasteiger partial charge in [0.25, 0.3) is 15.6 Å². The van der Waals surface area contributed by atoms with Gasteiger partial charge >= 0.3 is 0 Å². The summed E-state index contributed by atoms with van der Waals surface area (Å²) in [6.07, 6.45) is 9.40.